The zero-order valence-corrected chi connectivity index (χ0v) is 7.65. The number of hydrogen-bond donors (Lipinski definition) is 0. The van der Waals surface area contributed by atoms with Crippen LogP contribution in [0.5, 0.6) is 0 Å². The van der Waals surface area contributed by atoms with E-state index in [-0.39, 0.29) is 0 Å². The minimum absolute atomic E-state index is 0.541. The molecule has 0 bridgehead atoms. The third kappa shape index (κ3) is 0.702. The second-order valence-corrected chi connectivity index (χ2v) is 4.19. The van der Waals surface area contributed by atoms with Gasteiger partial charge in [-0.1, -0.05) is 30.2 Å². The lowest BCUT2D eigenvalue weighted by molar-refractivity contribution is 0.209. The maximum Gasteiger partial charge on any atom is -0.00137 e. The van der Waals surface area contributed by atoms with Gasteiger partial charge in [0.2, 0.25) is 0 Å². The summed E-state index contributed by atoms with van der Waals surface area (Å²) < 4.78 is 0. The van der Waals surface area contributed by atoms with Crippen LogP contribution in [0.2, 0.25) is 0 Å². The summed E-state index contributed by atoms with van der Waals surface area (Å²) >= 11 is 0. The van der Waals surface area contributed by atoms with Gasteiger partial charge in [-0.05, 0) is 38.0 Å². The van der Waals surface area contributed by atoms with Crippen LogP contribution in [0.1, 0.15) is 33.6 Å². The first-order chi connectivity index (χ1) is 5.16. The minimum atomic E-state index is 0.541. The highest BCUT2D eigenvalue weighted by molar-refractivity contribution is 5.37. The topological polar surface area (TPSA) is 0 Å². The van der Waals surface area contributed by atoms with Crippen molar-refractivity contribution in [1.82, 2.24) is 0 Å². The SMILES string of the molecule is CC1=C(C)[C@@]2(C)CC=CC[C@@H]12. The third-order valence-electron chi connectivity index (χ3n) is 3.82. The van der Waals surface area contributed by atoms with Crippen molar-refractivity contribution < 1.29 is 0 Å². The largest absolute Gasteiger partial charge is 0.0879 e. The molecule has 0 N–H and O–H groups in total. The second-order valence-electron chi connectivity index (χ2n) is 4.19. The molecule has 0 aromatic carbocycles. The zero-order chi connectivity index (χ0) is 8.06. The Morgan fingerprint density at radius 1 is 1.36 bits per heavy atom. The molecule has 2 aliphatic rings. The van der Waals surface area contributed by atoms with Crippen LogP contribution in [0.3, 0.4) is 0 Å². The molecule has 0 radical (unpaired) electrons. The number of fused-ring (bicyclic) bond motifs is 1. The molecular formula is C11H16. The van der Waals surface area contributed by atoms with Gasteiger partial charge in [0.05, 0.1) is 0 Å². The van der Waals surface area contributed by atoms with E-state index >= 15 is 0 Å². The molecule has 0 spiro atoms. The molecular weight excluding hydrogens is 132 g/mol. The molecule has 2 aliphatic carbocycles. The molecule has 0 heterocycles. The van der Waals surface area contributed by atoms with Crippen molar-refractivity contribution in [1.29, 1.82) is 0 Å². The smallest absolute Gasteiger partial charge is 0.00137 e. The van der Waals surface area contributed by atoms with Gasteiger partial charge in [-0.25, -0.2) is 0 Å². The normalized spacial score (nSPS) is 41.9. The van der Waals surface area contributed by atoms with Crippen molar-refractivity contribution in [3.63, 3.8) is 0 Å². The summed E-state index contributed by atoms with van der Waals surface area (Å²) in [5.41, 5.74) is 3.84. The lowest BCUT2D eigenvalue weighted by Gasteiger charge is -2.51. The number of rotatable bonds is 0. The predicted octanol–water partition coefficient (Wildman–Crippen LogP) is 3.31. The van der Waals surface area contributed by atoms with Crippen molar-refractivity contribution >= 4 is 0 Å². The Morgan fingerprint density at radius 2 is 2.09 bits per heavy atom. The summed E-state index contributed by atoms with van der Waals surface area (Å²) in [4.78, 5) is 0. The Balaban J connectivity index is 2.36. The Morgan fingerprint density at radius 3 is 2.73 bits per heavy atom. The van der Waals surface area contributed by atoms with Gasteiger partial charge in [-0.2, -0.15) is 0 Å². The van der Waals surface area contributed by atoms with Crippen LogP contribution in [-0.4, -0.2) is 0 Å². The van der Waals surface area contributed by atoms with E-state index in [2.05, 4.69) is 32.9 Å². The van der Waals surface area contributed by atoms with Gasteiger partial charge in [0.15, 0.2) is 0 Å². The molecule has 2 atom stereocenters. The van der Waals surface area contributed by atoms with E-state index in [1.54, 1.807) is 11.1 Å². The van der Waals surface area contributed by atoms with Crippen LogP contribution in [0, 0.1) is 11.3 Å². The fraction of sp³-hybridized carbons (Fsp3) is 0.636. The van der Waals surface area contributed by atoms with E-state index in [0.717, 1.165) is 5.92 Å². The molecule has 0 aromatic heterocycles. The molecule has 0 saturated carbocycles. The van der Waals surface area contributed by atoms with Crippen LogP contribution in [0.15, 0.2) is 23.3 Å². The van der Waals surface area contributed by atoms with Crippen molar-refractivity contribution in [3.05, 3.63) is 23.3 Å². The molecule has 0 fully saturated rings. The average molecular weight is 148 g/mol. The molecule has 0 saturated heterocycles. The van der Waals surface area contributed by atoms with Crippen molar-refractivity contribution in [2.45, 2.75) is 33.6 Å². The maximum atomic E-state index is 2.41. The highest BCUT2D eigenvalue weighted by Gasteiger charge is 2.45. The van der Waals surface area contributed by atoms with E-state index in [1.807, 2.05) is 0 Å². The van der Waals surface area contributed by atoms with E-state index in [1.165, 1.54) is 12.8 Å². The highest BCUT2D eigenvalue weighted by atomic mass is 14.5. The van der Waals surface area contributed by atoms with Gasteiger partial charge in [-0.3, -0.25) is 0 Å². The molecule has 11 heavy (non-hydrogen) atoms. The summed E-state index contributed by atoms with van der Waals surface area (Å²) in [5.74, 6) is 0.868. The number of hydrogen-bond acceptors (Lipinski definition) is 0. The molecule has 0 aliphatic heterocycles. The van der Waals surface area contributed by atoms with Crippen molar-refractivity contribution in [2.75, 3.05) is 0 Å². The summed E-state index contributed by atoms with van der Waals surface area (Å²) in [7, 11) is 0. The predicted molar refractivity (Wildman–Crippen MR) is 48.3 cm³/mol. The van der Waals surface area contributed by atoms with Crippen LogP contribution < -0.4 is 0 Å². The minimum Gasteiger partial charge on any atom is -0.0879 e. The van der Waals surface area contributed by atoms with Crippen LogP contribution in [0.25, 0.3) is 0 Å². The summed E-state index contributed by atoms with van der Waals surface area (Å²) in [6.07, 6.45) is 7.22. The first kappa shape index (κ1) is 7.15. The van der Waals surface area contributed by atoms with Crippen molar-refractivity contribution in [2.24, 2.45) is 11.3 Å². The lowest BCUT2D eigenvalue weighted by atomic mass is 9.54. The Labute approximate surface area is 69.0 Å². The van der Waals surface area contributed by atoms with E-state index in [9.17, 15) is 0 Å². The highest BCUT2D eigenvalue weighted by Crippen LogP contribution is 2.56. The lowest BCUT2D eigenvalue weighted by Crippen LogP contribution is -2.40. The van der Waals surface area contributed by atoms with Gasteiger partial charge in [0.1, 0.15) is 0 Å². The van der Waals surface area contributed by atoms with Crippen LogP contribution in [0.4, 0.5) is 0 Å². The van der Waals surface area contributed by atoms with Crippen molar-refractivity contribution in [3.8, 4) is 0 Å². The molecule has 0 heteroatoms. The molecule has 0 unspecified atom stereocenters. The van der Waals surface area contributed by atoms with Crippen LogP contribution in [-0.2, 0) is 0 Å². The monoisotopic (exact) mass is 148 g/mol. The summed E-state index contributed by atoms with van der Waals surface area (Å²) in [6.45, 7) is 7.00. The zero-order valence-electron chi connectivity index (χ0n) is 7.65. The Hall–Kier alpha value is -0.520. The quantitative estimate of drug-likeness (QED) is 0.462. The molecule has 60 valence electrons. The first-order valence-electron chi connectivity index (χ1n) is 4.49. The van der Waals surface area contributed by atoms with Gasteiger partial charge < -0.3 is 0 Å². The molecule has 0 nitrogen and oxygen atoms in total. The molecule has 0 amide bonds. The van der Waals surface area contributed by atoms with E-state index < -0.39 is 0 Å². The summed E-state index contributed by atoms with van der Waals surface area (Å²) in [6, 6.07) is 0. The fourth-order valence-electron chi connectivity index (χ4n) is 2.67. The first-order valence-corrected chi connectivity index (χ1v) is 4.49. The fourth-order valence-corrected chi connectivity index (χ4v) is 2.67. The van der Waals surface area contributed by atoms with Gasteiger partial charge >= 0.3 is 0 Å². The van der Waals surface area contributed by atoms with Gasteiger partial charge in [0.25, 0.3) is 0 Å². The molecule has 0 aromatic rings. The third-order valence-corrected chi connectivity index (χ3v) is 3.82. The van der Waals surface area contributed by atoms with Gasteiger partial charge in [-0.15, -0.1) is 0 Å². The number of allylic oxidation sites excluding steroid dienone is 4. The van der Waals surface area contributed by atoms with E-state index in [0.29, 0.717) is 5.41 Å². The van der Waals surface area contributed by atoms with Gasteiger partial charge in [0, 0.05) is 0 Å². The standard InChI is InChI=1S/C11H16/c1-8-9(2)11(3)7-5-4-6-10(8)11/h4-5,10H,6-7H2,1-3H3/t10-,11+/m0/s1. The Bertz CT molecular complexity index is 245. The second kappa shape index (κ2) is 2.00. The Kier molecular flexibility index (Phi) is 1.30. The maximum absolute atomic E-state index is 2.41. The molecule has 2 rings (SSSR count). The summed E-state index contributed by atoms with van der Waals surface area (Å²) in [5, 5.41) is 0. The van der Waals surface area contributed by atoms with Crippen LogP contribution >= 0.6 is 0 Å². The van der Waals surface area contributed by atoms with E-state index in [4.69, 9.17) is 0 Å². The average Bonchev–Trinajstić information content (AvgIpc) is 2.04.